The summed E-state index contributed by atoms with van der Waals surface area (Å²) in [6.07, 6.45) is -2.75. The van der Waals surface area contributed by atoms with E-state index in [1.165, 1.54) is 6.07 Å². The third-order valence-corrected chi connectivity index (χ3v) is 1.83. The highest BCUT2D eigenvalue weighted by atomic mass is 19.4. The van der Waals surface area contributed by atoms with Crippen LogP contribution in [0.25, 0.3) is 5.70 Å². The molecule has 0 saturated carbocycles. The van der Waals surface area contributed by atoms with Gasteiger partial charge in [0.25, 0.3) is 0 Å². The molecule has 0 heterocycles. The van der Waals surface area contributed by atoms with Crippen molar-refractivity contribution in [2.45, 2.75) is 13.1 Å². The van der Waals surface area contributed by atoms with Gasteiger partial charge in [-0.15, -0.1) is 0 Å². The molecule has 0 fully saturated rings. The van der Waals surface area contributed by atoms with Crippen LogP contribution in [0.4, 0.5) is 13.2 Å². The third kappa shape index (κ3) is 2.28. The minimum atomic E-state index is -4.32. The van der Waals surface area contributed by atoms with Crippen molar-refractivity contribution in [1.82, 2.24) is 0 Å². The van der Waals surface area contributed by atoms with Crippen LogP contribution in [0.5, 0.6) is 0 Å². The first-order chi connectivity index (χ1) is 6.45. The Labute approximate surface area is 80.0 Å². The van der Waals surface area contributed by atoms with Gasteiger partial charge in [0.15, 0.2) is 0 Å². The van der Waals surface area contributed by atoms with Gasteiger partial charge in [-0.3, -0.25) is 0 Å². The molecule has 4 heteroatoms. The third-order valence-electron chi connectivity index (χ3n) is 1.83. The van der Waals surface area contributed by atoms with Gasteiger partial charge in [-0.2, -0.15) is 13.2 Å². The number of hydrogen-bond acceptors (Lipinski definition) is 1. The Hall–Kier alpha value is -1.45. The van der Waals surface area contributed by atoms with Gasteiger partial charge in [0.1, 0.15) is 0 Å². The van der Waals surface area contributed by atoms with E-state index in [4.69, 9.17) is 5.73 Å². The molecular weight excluding hydrogens is 191 g/mol. The van der Waals surface area contributed by atoms with E-state index in [1.807, 2.05) is 0 Å². The first-order valence-electron chi connectivity index (χ1n) is 4.04. The van der Waals surface area contributed by atoms with Gasteiger partial charge >= 0.3 is 6.18 Å². The number of rotatable bonds is 1. The Morgan fingerprint density at radius 2 is 2.00 bits per heavy atom. The zero-order valence-corrected chi connectivity index (χ0v) is 7.60. The summed E-state index contributed by atoms with van der Waals surface area (Å²) in [5.41, 5.74) is 5.55. The first-order valence-corrected chi connectivity index (χ1v) is 4.04. The summed E-state index contributed by atoms with van der Waals surface area (Å²) in [5, 5.41) is 0. The number of alkyl halides is 3. The van der Waals surface area contributed by atoms with Crippen LogP contribution in [0.3, 0.4) is 0 Å². The largest absolute Gasteiger partial charge is 0.416 e. The van der Waals surface area contributed by atoms with Gasteiger partial charge in [-0.05, 0) is 24.6 Å². The van der Waals surface area contributed by atoms with Crippen molar-refractivity contribution in [2.24, 2.45) is 5.73 Å². The molecule has 0 atom stereocenters. The van der Waals surface area contributed by atoms with E-state index in [-0.39, 0.29) is 0 Å². The summed E-state index contributed by atoms with van der Waals surface area (Å²) < 4.78 is 36.8. The minimum absolute atomic E-state index is 0.344. The van der Waals surface area contributed by atoms with Crippen molar-refractivity contribution in [3.05, 3.63) is 41.5 Å². The summed E-state index contributed by atoms with van der Waals surface area (Å²) in [6.45, 7) is 1.68. The smallest absolute Gasteiger partial charge is 0.399 e. The molecule has 14 heavy (non-hydrogen) atoms. The molecule has 2 N–H and O–H groups in total. The minimum Gasteiger partial charge on any atom is -0.399 e. The van der Waals surface area contributed by atoms with E-state index < -0.39 is 11.7 Å². The Bertz CT molecular complexity index is 353. The van der Waals surface area contributed by atoms with Crippen LogP contribution in [0.2, 0.25) is 0 Å². The molecule has 0 saturated heterocycles. The van der Waals surface area contributed by atoms with Crippen LogP contribution in [0.15, 0.2) is 30.3 Å². The predicted octanol–water partition coefficient (Wildman–Crippen LogP) is 3.02. The molecule has 1 aromatic carbocycles. The fraction of sp³-hybridized carbons (Fsp3) is 0.200. The quantitative estimate of drug-likeness (QED) is 0.742. The Kier molecular flexibility index (Phi) is 2.84. The second-order valence-corrected chi connectivity index (χ2v) is 2.82. The van der Waals surface area contributed by atoms with Crippen LogP contribution < -0.4 is 5.73 Å². The van der Waals surface area contributed by atoms with Crippen LogP contribution >= 0.6 is 0 Å². The van der Waals surface area contributed by atoms with E-state index in [2.05, 4.69) is 0 Å². The zero-order chi connectivity index (χ0) is 10.8. The molecule has 76 valence electrons. The average molecular weight is 201 g/mol. The maximum atomic E-state index is 12.3. The second-order valence-electron chi connectivity index (χ2n) is 2.82. The van der Waals surface area contributed by atoms with E-state index in [9.17, 15) is 13.2 Å². The van der Waals surface area contributed by atoms with Crippen molar-refractivity contribution in [1.29, 1.82) is 0 Å². The second kappa shape index (κ2) is 3.74. The lowest BCUT2D eigenvalue weighted by Gasteiger charge is -2.08. The van der Waals surface area contributed by atoms with Crippen LogP contribution in [-0.2, 0) is 6.18 Å². The molecule has 0 aliphatic rings. The number of nitrogens with two attached hydrogens (primary N) is 1. The fourth-order valence-corrected chi connectivity index (χ4v) is 1.04. The average Bonchev–Trinajstić information content (AvgIpc) is 2.15. The maximum absolute atomic E-state index is 12.3. The molecule has 0 bridgehead atoms. The highest BCUT2D eigenvalue weighted by molar-refractivity contribution is 5.62. The van der Waals surface area contributed by atoms with Gasteiger partial charge in [0, 0.05) is 5.70 Å². The molecule has 0 aliphatic carbocycles. The van der Waals surface area contributed by atoms with Crippen molar-refractivity contribution >= 4 is 5.70 Å². The van der Waals surface area contributed by atoms with Gasteiger partial charge in [-0.25, -0.2) is 0 Å². The summed E-state index contributed by atoms with van der Waals surface area (Å²) in [5.74, 6) is 0. The van der Waals surface area contributed by atoms with Crippen molar-refractivity contribution in [2.75, 3.05) is 0 Å². The molecule has 0 amide bonds. The summed E-state index contributed by atoms with van der Waals surface area (Å²) in [7, 11) is 0. The van der Waals surface area contributed by atoms with Crippen LogP contribution in [0.1, 0.15) is 18.1 Å². The molecule has 1 nitrogen and oxygen atoms in total. The normalized spacial score (nSPS) is 13.0. The molecular formula is C10H10F3N. The summed E-state index contributed by atoms with van der Waals surface area (Å²) in [4.78, 5) is 0. The molecule has 0 spiro atoms. The molecule has 0 aromatic heterocycles. The zero-order valence-electron chi connectivity index (χ0n) is 7.60. The van der Waals surface area contributed by atoms with E-state index in [0.29, 0.717) is 11.3 Å². The number of benzene rings is 1. The molecule has 1 rings (SSSR count). The summed E-state index contributed by atoms with van der Waals surface area (Å²) in [6, 6.07) is 4.95. The van der Waals surface area contributed by atoms with Crippen molar-refractivity contribution in [3.8, 4) is 0 Å². The molecule has 0 radical (unpaired) electrons. The van der Waals surface area contributed by atoms with Gasteiger partial charge in [0.2, 0.25) is 0 Å². The van der Waals surface area contributed by atoms with E-state index >= 15 is 0 Å². The van der Waals surface area contributed by atoms with Crippen molar-refractivity contribution in [3.63, 3.8) is 0 Å². The highest BCUT2D eigenvalue weighted by Crippen LogP contribution is 2.30. The first kappa shape index (κ1) is 10.6. The number of hydrogen-bond donors (Lipinski definition) is 1. The van der Waals surface area contributed by atoms with Gasteiger partial charge in [-0.1, -0.05) is 18.2 Å². The van der Waals surface area contributed by atoms with Crippen LogP contribution in [-0.4, -0.2) is 0 Å². The van der Waals surface area contributed by atoms with Gasteiger partial charge < -0.3 is 5.73 Å². The monoisotopic (exact) mass is 201 g/mol. The molecule has 0 unspecified atom stereocenters. The van der Waals surface area contributed by atoms with E-state index in [0.717, 1.165) is 12.1 Å². The summed E-state index contributed by atoms with van der Waals surface area (Å²) >= 11 is 0. The number of allylic oxidation sites excluding steroid dienone is 1. The maximum Gasteiger partial charge on any atom is 0.416 e. The molecule has 1 aromatic rings. The lowest BCUT2D eigenvalue weighted by Crippen LogP contribution is -2.06. The van der Waals surface area contributed by atoms with E-state index in [1.54, 1.807) is 19.1 Å². The Morgan fingerprint density at radius 3 is 2.50 bits per heavy atom. The van der Waals surface area contributed by atoms with Crippen molar-refractivity contribution < 1.29 is 13.2 Å². The lowest BCUT2D eigenvalue weighted by molar-refractivity contribution is -0.137. The Balaban J connectivity index is 3.14. The molecule has 0 aliphatic heterocycles. The topological polar surface area (TPSA) is 26.0 Å². The highest BCUT2D eigenvalue weighted by Gasteiger charge is 2.30. The predicted molar refractivity (Wildman–Crippen MR) is 49.3 cm³/mol. The number of halogens is 3. The lowest BCUT2D eigenvalue weighted by atomic mass is 10.1. The SMILES string of the molecule is C/C=C(\N)c1cccc(C(F)(F)F)c1. The van der Waals surface area contributed by atoms with Crippen LogP contribution in [0, 0.1) is 0 Å². The Morgan fingerprint density at radius 1 is 1.36 bits per heavy atom. The standard InChI is InChI=1S/C10H10F3N/c1-2-9(14)7-4-3-5-8(6-7)10(11,12)13/h2-6H,14H2,1H3/b9-2-. The van der Waals surface area contributed by atoms with Gasteiger partial charge in [0.05, 0.1) is 5.56 Å². The fourth-order valence-electron chi connectivity index (χ4n) is 1.04.